The number of hydrogen-bond donors (Lipinski definition) is 10. The zero-order valence-electron chi connectivity index (χ0n) is 68.1. The first-order valence-electron chi connectivity index (χ1n) is 39.5. The predicted octanol–water partition coefficient (Wildman–Crippen LogP) is 9.62. The van der Waals surface area contributed by atoms with Crippen LogP contribution in [-0.4, -0.2) is 235 Å². The van der Waals surface area contributed by atoms with E-state index in [1.807, 2.05) is 48.5 Å². The Labute approximate surface area is 620 Å². The molecule has 103 heavy (non-hydrogen) atoms. The highest BCUT2D eigenvalue weighted by molar-refractivity contribution is 5.88. The first-order valence-corrected chi connectivity index (χ1v) is 39.5. The van der Waals surface area contributed by atoms with Crippen molar-refractivity contribution in [2.75, 3.05) is 19.8 Å². The number of aliphatic hydroxyl groups excluding tert-OH is 10. The third-order valence-corrected chi connectivity index (χ3v) is 23.4. The van der Waals surface area contributed by atoms with Crippen molar-refractivity contribution in [2.24, 2.45) is 65.1 Å². The van der Waals surface area contributed by atoms with Gasteiger partial charge in [-0.3, -0.25) is 9.59 Å². The van der Waals surface area contributed by atoms with Gasteiger partial charge in [0.2, 0.25) is 0 Å². The summed E-state index contributed by atoms with van der Waals surface area (Å²) >= 11 is 0. The molecule has 3 unspecified atom stereocenters. The molecule has 0 saturated carbocycles. The Balaban J connectivity index is 0.000000580. The third kappa shape index (κ3) is 30.1. The summed E-state index contributed by atoms with van der Waals surface area (Å²) in [6.07, 6.45) is 7.02. The molecule has 0 aromatic rings. The van der Waals surface area contributed by atoms with E-state index in [0.29, 0.717) is 140 Å². The quantitative estimate of drug-likeness (QED) is 0.0571. The predicted molar refractivity (Wildman–Crippen MR) is 397 cm³/mol. The van der Waals surface area contributed by atoms with Crippen LogP contribution in [0.3, 0.4) is 0 Å². The number of hydrogen-bond acceptors (Lipinski definition) is 23. The van der Waals surface area contributed by atoms with Crippen molar-refractivity contribution in [3.63, 3.8) is 0 Å². The molecule has 0 spiro atoms. The molecule has 0 bridgehead atoms. The fraction of sp³-hybridized carbons (Fsp3) is 0.925. The largest absolute Gasteiger partial charge is 0.396 e. The maximum Gasteiger partial charge on any atom is 0.184 e. The lowest BCUT2D eigenvalue weighted by molar-refractivity contribution is -0.132. The van der Waals surface area contributed by atoms with Crippen LogP contribution in [0.15, 0.2) is 11.6 Å². The number of ether oxygens (including phenoxy) is 9. The second-order valence-electron chi connectivity index (χ2n) is 30.6. The Morgan fingerprint density at radius 2 is 0.641 bits per heavy atom. The van der Waals surface area contributed by atoms with Gasteiger partial charge in [-0.05, 0) is 192 Å². The van der Waals surface area contributed by atoms with E-state index in [1.54, 1.807) is 26.8 Å². The highest BCUT2D eigenvalue weighted by atomic mass is 16.7. The SMILES string of the molecule is CCC1O[C@@H](C)[C@@H](C)[C@H]1CC(C)=O.CC[C@@H]1O[C@@H](C)[C@@H](C)[C@H]1CCO.CC[C@H]1OC(O)[C@@H](O)[C@@H]1O.CC[C@H]1O[C@@H](C)[C@@H](C)/C1=C\C(C)=O.CC[C@H]1O[C@@H](C)[C@@H](C)C1=O.CC[C@H]1O[C@@H](C)[C@@H](C)[C@@H]1O.CC[C@H]1O[C@@H](C)[C@@H](C)[C@H]1CC(C)=O.CC[C@H]1O[C@@H](C)[C@@H](C)[C@H]1CCO.OC[C@H]1OC(O)[C@@H](O)[C@@H]1O. The first-order chi connectivity index (χ1) is 48.2. The van der Waals surface area contributed by atoms with E-state index in [4.69, 9.17) is 83.9 Å². The van der Waals surface area contributed by atoms with E-state index in [9.17, 15) is 24.3 Å². The van der Waals surface area contributed by atoms with E-state index in [-0.39, 0.29) is 71.8 Å². The standard InChI is InChI=1S/2C11H20O2.C11H18O2.2C10H20O2.C8H16O2.C8H14O2.C6H12O4.C5H10O5/c3*1-5-11-10(6-7(2)12)8(3)9(4)13-11;2*1-4-10-9(5-6-11)7(2)8(3)12-10;2*1-4-7-8(9)5(2)6(3)10-7;1-2-3-4(7)5(8)6(9)10-3;6-1-2-3(7)4(8)5(9)10-2/h2*8-11H,5-6H2,1-4H3;6,8-9,11H,5H2,1-4H3;2*7-11H,4-6H2,1-3H3;5-9H,4H2,1-3H3;5-7H,4H2,1-3H3;3-9H,2H2,1H3;2-9H,1H2/b;;10-6+;;;;;;/t8-,9+,10-,11?;8-,9+,10-,11-;8-,9+,11-;7-,8+,9-,10+;7-,8+,9-,10-;5-,6+,7-,8+;5-,6+,7-;3-,4-,5+,6?;2-,3-,4+,5?/m111111111/s1. The maximum atomic E-state index is 11.2. The van der Waals surface area contributed by atoms with Crippen molar-refractivity contribution in [1.29, 1.82) is 0 Å². The number of rotatable bonds is 18. The molecule has 9 saturated heterocycles. The van der Waals surface area contributed by atoms with E-state index in [0.717, 1.165) is 57.8 Å². The maximum absolute atomic E-state index is 11.2. The second kappa shape index (κ2) is 49.7. The molecule has 0 aliphatic carbocycles. The molecule has 23 heteroatoms. The van der Waals surface area contributed by atoms with Gasteiger partial charge in [0.15, 0.2) is 24.1 Å². The molecule has 608 valence electrons. The normalized spacial score (nSPS) is 42.3. The van der Waals surface area contributed by atoms with Crippen LogP contribution in [0, 0.1) is 65.1 Å². The zero-order valence-corrected chi connectivity index (χ0v) is 68.1. The molecule has 9 fully saturated rings. The molecule has 9 heterocycles. The van der Waals surface area contributed by atoms with Gasteiger partial charge in [0.05, 0.1) is 98.2 Å². The Hall–Kier alpha value is -2.34. The van der Waals surface area contributed by atoms with Gasteiger partial charge in [0.25, 0.3) is 0 Å². The lowest BCUT2D eigenvalue weighted by Gasteiger charge is -2.18. The summed E-state index contributed by atoms with van der Waals surface area (Å²) in [5.74, 6) is 6.00. The summed E-state index contributed by atoms with van der Waals surface area (Å²) < 4.78 is 49.0. The topological polar surface area (TPSA) is 354 Å². The van der Waals surface area contributed by atoms with Gasteiger partial charge < -0.3 is 103 Å². The summed E-state index contributed by atoms with van der Waals surface area (Å²) in [5, 5.41) is 89.1. The van der Waals surface area contributed by atoms with Gasteiger partial charge in [0, 0.05) is 43.8 Å². The van der Waals surface area contributed by atoms with Crippen molar-refractivity contribution in [1.82, 2.24) is 0 Å². The first kappa shape index (κ1) is 98.7. The Morgan fingerprint density at radius 3 is 0.864 bits per heavy atom. The van der Waals surface area contributed by atoms with Gasteiger partial charge in [-0.15, -0.1) is 0 Å². The van der Waals surface area contributed by atoms with Gasteiger partial charge >= 0.3 is 0 Å². The van der Waals surface area contributed by atoms with Crippen LogP contribution in [0.4, 0.5) is 0 Å². The van der Waals surface area contributed by atoms with Gasteiger partial charge in [0.1, 0.15) is 48.2 Å². The molecule has 9 aliphatic heterocycles. The van der Waals surface area contributed by atoms with Crippen LogP contribution in [0.5, 0.6) is 0 Å². The van der Waals surface area contributed by atoms with Crippen LogP contribution in [0.25, 0.3) is 0 Å². The van der Waals surface area contributed by atoms with E-state index < -0.39 is 55.8 Å². The highest BCUT2D eigenvalue weighted by Gasteiger charge is 2.45. The van der Waals surface area contributed by atoms with Crippen LogP contribution in [0.1, 0.15) is 250 Å². The van der Waals surface area contributed by atoms with Crippen LogP contribution < -0.4 is 0 Å². The minimum Gasteiger partial charge on any atom is -0.396 e. The van der Waals surface area contributed by atoms with Crippen LogP contribution in [0.2, 0.25) is 0 Å². The number of carbonyl (C=O) groups is 4. The fourth-order valence-electron chi connectivity index (χ4n) is 15.3. The van der Waals surface area contributed by atoms with Crippen molar-refractivity contribution in [3.8, 4) is 0 Å². The minimum atomic E-state index is -1.38. The van der Waals surface area contributed by atoms with E-state index >= 15 is 0 Å². The monoisotopic (exact) mass is 1480 g/mol. The van der Waals surface area contributed by atoms with Gasteiger partial charge in [-0.25, -0.2) is 0 Å². The molecule has 0 amide bonds. The molecular weight excluding hydrogens is 1330 g/mol. The molecule has 0 aromatic carbocycles. The Kier molecular flexibility index (Phi) is 47.6. The Bertz CT molecular complexity index is 2220. The fourth-order valence-corrected chi connectivity index (χ4v) is 15.3. The summed E-state index contributed by atoms with van der Waals surface area (Å²) in [6, 6.07) is 0. The van der Waals surface area contributed by atoms with Gasteiger partial charge in [-0.1, -0.05) is 104 Å². The number of allylic oxidation sites excluding steroid dienone is 1. The molecule has 0 radical (unpaired) electrons. The highest BCUT2D eigenvalue weighted by Crippen LogP contribution is 2.40. The van der Waals surface area contributed by atoms with E-state index in [1.165, 1.54) is 5.57 Å². The third-order valence-electron chi connectivity index (χ3n) is 23.4. The smallest absolute Gasteiger partial charge is 0.184 e. The molecule has 23 nitrogen and oxygen atoms in total. The second-order valence-corrected chi connectivity index (χ2v) is 30.6. The molecule has 0 aromatic heterocycles. The van der Waals surface area contributed by atoms with Gasteiger partial charge in [-0.2, -0.15) is 0 Å². The number of ketones is 4. The van der Waals surface area contributed by atoms with Crippen molar-refractivity contribution in [3.05, 3.63) is 11.6 Å². The lowest BCUT2D eigenvalue weighted by Crippen LogP contribution is -2.33. The average Bonchev–Trinajstić information content (AvgIpc) is 1.68. The summed E-state index contributed by atoms with van der Waals surface area (Å²) in [7, 11) is 0. The number of Topliss-reactive ketones (excluding diaryl/α,β-unsaturated/α-hetero) is 3. The summed E-state index contributed by atoms with van der Waals surface area (Å²) in [6.45, 7) is 51.0. The van der Waals surface area contributed by atoms with Crippen molar-refractivity contribution in [2.45, 2.75) is 391 Å². The average molecular weight is 1480 g/mol. The van der Waals surface area contributed by atoms with Crippen LogP contribution in [-0.2, 0) is 61.8 Å². The Morgan fingerprint density at radius 1 is 0.340 bits per heavy atom. The minimum absolute atomic E-state index is 0.0741. The van der Waals surface area contributed by atoms with E-state index in [2.05, 4.69) is 109 Å². The lowest BCUT2D eigenvalue weighted by atomic mass is 9.84. The summed E-state index contributed by atoms with van der Waals surface area (Å²) in [4.78, 5) is 44.3. The zero-order chi connectivity index (χ0) is 79.2. The summed E-state index contributed by atoms with van der Waals surface area (Å²) in [5.41, 5.74) is 1.17. The molecule has 9 aliphatic rings. The molecule has 34 atom stereocenters. The van der Waals surface area contributed by atoms with Crippen molar-refractivity contribution >= 4 is 23.1 Å². The molecular formula is C80H150O23. The number of carbonyl (C=O) groups excluding carboxylic acids is 4. The van der Waals surface area contributed by atoms with Crippen LogP contribution >= 0.6 is 0 Å². The molecule has 10 N–H and O–H groups in total. The number of aliphatic hydroxyl groups is 10. The molecule has 9 rings (SSSR count). The van der Waals surface area contributed by atoms with Crippen molar-refractivity contribution < 1.29 is 113 Å².